The molecular weight excluding hydrogens is 242 g/mol. The Morgan fingerprint density at radius 1 is 1.11 bits per heavy atom. The molecule has 0 fully saturated rings. The lowest BCUT2D eigenvalue weighted by molar-refractivity contribution is 0.819. The van der Waals surface area contributed by atoms with Crippen molar-refractivity contribution in [3.8, 4) is 0 Å². The minimum absolute atomic E-state index is 0.557. The van der Waals surface area contributed by atoms with E-state index in [4.69, 9.17) is 5.73 Å². The van der Waals surface area contributed by atoms with Crippen molar-refractivity contribution in [1.29, 1.82) is 0 Å². The zero-order valence-electron chi connectivity index (χ0n) is 10.2. The highest BCUT2D eigenvalue weighted by Crippen LogP contribution is 2.09. The lowest BCUT2D eigenvalue weighted by Gasteiger charge is -2.07. The summed E-state index contributed by atoms with van der Waals surface area (Å²) in [7, 11) is 0. The Hall–Kier alpha value is -2.54. The molecule has 0 saturated heterocycles. The largest absolute Gasteiger partial charge is 0.365 e. The van der Waals surface area contributed by atoms with Crippen molar-refractivity contribution in [1.82, 2.24) is 25.0 Å². The molecule has 0 aliphatic rings. The van der Waals surface area contributed by atoms with Gasteiger partial charge in [0.1, 0.15) is 0 Å². The molecule has 0 unspecified atom stereocenters. The molecule has 0 amide bonds. The predicted octanol–water partition coefficient (Wildman–Crippen LogP) is 0.590. The van der Waals surface area contributed by atoms with Gasteiger partial charge in [-0.3, -0.25) is 4.98 Å². The zero-order chi connectivity index (χ0) is 13.1. The number of aromatic nitrogens is 5. The van der Waals surface area contributed by atoms with E-state index < -0.39 is 0 Å². The second-order valence-electron chi connectivity index (χ2n) is 4.12. The van der Waals surface area contributed by atoms with Crippen LogP contribution in [0.1, 0.15) is 11.1 Å². The van der Waals surface area contributed by atoms with E-state index >= 15 is 0 Å². The molecule has 0 atom stereocenters. The van der Waals surface area contributed by atoms with Crippen molar-refractivity contribution < 1.29 is 0 Å². The van der Waals surface area contributed by atoms with Crippen molar-refractivity contribution in [3.63, 3.8) is 0 Å². The molecule has 0 aliphatic carbocycles. The van der Waals surface area contributed by atoms with Crippen LogP contribution in [0.2, 0.25) is 0 Å². The number of rotatable bonds is 4. The second-order valence-corrected chi connectivity index (χ2v) is 4.12. The first-order valence-corrected chi connectivity index (χ1v) is 5.90. The molecule has 2 heterocycles. The van der Waals surface area contributed by atoms with Crippen LogP contribution in [0.3, 0.4) is 0 Å². The van der Waals surface area contributed by atoms with Gasteiger partial charge >= 0.3 is 0 Å². The SMILES string of the molecule is NCc1ccc(CNc2cncc3nnnn23)cc1. The van der Waals surface area contributed by atoms with E-state index in [1.54, 1.807) is 16.9 Å². The fraction of sp³-hybridized carbons (Fsp3) is 0.167. The minimum atomic E-state index is 0.557. The van der Waals surface area contributed by atoms with Crippen LogP contribution in [0.4, 0.5) is 5.82 Å². The summed E-state index contributed by atoms with van der Waals surface area (Å²) in [6, 6.07) is 8.13. The number of hydrogen-bond acceptors (Lipinski definition) is 6. The molecule has 96 valence electrons. The van der Waals surface area contributed by atoms with Crippen LogP contribution in [0.5, 0.6) is 0 Å². The Bertz CT molecular complexity index is 674. The van der Waals surface area contributed by atoms with E-state index in [2.05, 4.69) is 25.8 Å². The number of anilines is 1. The van der Waals surface area contributed by atoms with Crippen LogP contribution < -0.4 is 11.1 Å². The van der Waals surface area contributed by atoms with E-state index in [-0.39, 0.29) is 0 Å². The third-order valence-electron chi connectivity index (χ3n) is 2.84. The normalized spacial score (nSPS) is 10.8. The molecule has 19 heavy (non-hydrogen) atoms. The lowest BCUT2D eigenvalue weighted by atomic mass is 10.1. The highest BCUT2D eigenvalue weighted by molar-refractivity contribution is 5.44. The Kier molecular flexibility index (Phi) is 3.03. The summed E-state index contributed by atoms with van der Waals surface area (Å²) in [6.45, 7) is 1.23. The topological polar surface area (TPSA) is 94.0 Å². The molecule has 0 radical (unpaired) electrons. The van der Waals surface area contributed by atoms with Gasteiger partial charge in [0.25, 0.3) is 0 Å². The first kappa shape index (κ1) is 11.5. The molecule has 3 rings (SSSR count). The summed E-state index contributed by atoms with van der Waals surface area (Å²) in [6.07, 6.45) is 3.30. The first-order chi connectivity index (χ1) is 9.36. The monoisotopic (exact) mass is 255 g/mol. The molecule has 0 aliphatic heterocycles. The summed E-state index contributed by atoms with van der Waals surface area (Å²) >= 11 is 0. The Morgan fingerprint density at radius 3 is 2.68 bits per heavy atom. The van der Waals surface area contributed by atoms with Gasteiger partial charge in [-0.05, 0) is 21.6 Å². The van der Waals surface area contributed by atoms with Crippen molar-refractivity contribution in [2.24, 2.45) is 5.73 Å². The van der Waals surface area contributed by atoms with Crippen LogP contribution in [0, 0.1) is 0 Å². The molecule has 7 heteroatoms. The van der Waals surface area contributed by atoms with Gasteiger partial charge in [-0.25, -0.2) is 0 Å². The Labute approximate surface area is 109 Å². The second kappa shape index (κ2) is 4.99. The Morgan fingerprint density at radius 2 is 1.89 bits per heavy atom. The molecule has 2 aromatic heterocycles. The smallest absolute Gasteiger partial charge is 0.199 e. The standard InChI is InChI=1S/C12H13N7/c13-5-9-1-3-10(4-2-9)6-15-11-7-14-8-12-16-17-18-19(11)12/h1-4,7-8,15H,5-6,13H2. The summed E-state index contributed by atoms with van der Waals surface area (Å²) in [5, 5.41) is 14.6. The molecule has 0 spiro atoms. The fourth-order valence-corrected chi connectivity index (χ4v) is 1.78. The van der Waals surface area contributed by atoms with E-state index in [0.717, 1.165) is 16.9 Å². The van der Waals surface area contributed by atoms with Crippen LogP contribution in [-0.4, -0.2) is 25.0 Å². The number of nitrogens with two attached hydrogens (primary N) is 1. The van der Waals surface area contributed by atoms with Gasteiger partial charge < -0.3 is 11.1 Å². The van der Waals surface area contributed by atoms with Gasteiger partial charge in [0.15, 0.2) is 11.5 Å². The highest BCUT2D eigenvalue weighted by atomic mass is 15.5. The number of tetrazole rings is 1. The van der Waals surface area contributed by atoms with Crippen molar-refractivity contribution in [2.75, 3.05) is 5.32 Å². The maximum Gasteiger partial charge on any atom is 0.199 e. The number of nitrogens with one attached hydrogen (secondary N) is 1. The molecule has 1 aromatic carbocycles. The maximum atomic E-state index is 5.57. The number of hydrogen-bond donors (Lipinski definition) is 2. The molecule has 0 bridgehead atoms. The van der Waals surface area contributed by atoms with E-state index in [1.807, 2.05) is 24.3 Å². The fourth-order valence-electron chi connectivity index (χ4n) is 1.78. The van der Waals surface area contributed by atoms with Crippen LogP contribution in [-0.2, 0) is 13.1 Å². The van der Waals surface area contributed by atoms with Crippen LogP contribution in [0.15, 0.2) is 36.7 Å². The summed E-state index contributed by atoms with van der Waals surface area (Å²) in [5.74, 6) is 0.755. The van der Waals surface area contributed by atoms with E-state index in [0.29, 0.717) is 18.7 Å². The van der Waals surface area contributed by atoms with Gasteiger partial charge in [0.05, 0.1) is 12.4 Å². The maximum absolute atomic E-state index is 5.57. The predicted molar refractivity (Wildman–Crippen MR) is 70.2 cm³/mol. The number of fused-ring (bicyclic) bond motifs is 1. The molecular formula is C12H13N7. The minimum Gasteiger partial charge on any atom is -0.365 e. The molecule has 0 saturated carbocycles. The zero-order valence-corrected chi connectivity index (χ0v) is 10.2. The molecule has 3 aromatic rings. The average Bonchev–Trinajstić information content (AvgIpc) is 2.94. The third kappa shape index (κ3) is 2.36. The van der Waals surface area contributed by atoms with Crippen molar-refractivity contribution >= 4 is 11.5 Å². The van der Waals surface area contributed by atoms with Crippen LogP contribution >= 0.6 is 0 Å². The van der Waals surface area contributed by atoms with Crippen molar-refractivity contribution in [3.05, 3.63) is 47.8 Å². The summed E-state index contributed by atoms with van der Waals surface area (Å²) in [5.41, 5.74) is 8.45. The van der Waals surface area contributed by atoms with Gasteiger partial charge in [-0.15, -0.1) is 5.10 Å². The third-order valence-corrected chi connectivity index (χ3v) is 2.84. The van der Waals surface area contributed by atoms with Gasteiger partial charge in [0.2, 0.25) is 0 Å². The summed E-state index contributed by atoms with van der Waals surface area (Å²) in [4.78, 5) is 4.08. The van der Waals surface area contributed by atoms with Crippen molar-refractivity contribution in [2.45, 2.75) is 13.1 Å². The number of nitrogens with zero attached hydrogens (tertiary/aromatic N) is 5. The summed E-state index contributed by atoms with van der Waals surface area (Å²) < 4.78 is 1.61. The van der Waals surface area contributed by atoms with Gasteiger partial charge in [-0.2, -0.15) is 4.52 Å². The quantitative estimate of drug-likeness (QED) is 0.708. The molecule has 7 nitrogen and oxygen atoms in total. The lowest BCUT2D eigenvalue weighted by Crippen LogP contribution is -2.06. The van der Waals surface area contributed by atoms with Gasteiger partial charge in [0, 0.05) is 13.1 Å². The van der Waals surface area contributed by atoms with Gasteiger partial charge in [-0.1, -0.05) is 24.3 Å². The van der Waals surface area contributed by atoms with E-state index in [1.165, 1.54) is 0 Å². The first-order valence-electron chi connectivity index (χ1n) is 5.90. The van der Waals surface area contributed by atoms with E-state index in [9.17, 15) is 0 Å². The molecule has 3 N–H and O–H groups in total. The average molecular weight is 255 g/mol. The van der Waals surface area contributed by atoms with Crippen LogP contribution in [0.25, 0.3) is 5.65 Å². The number of benzene rings is 1. The Balaban J connectivity index is 1.76. The highest BCUT2D eigenvalue weighted by Gasteiger charge is 2.03.